The fourth-order valence-corrected chi connectivity index (χ4v) is 2.23. The summed E-state index contributed by atoms with van der Waals surface area (Å²) in [5.41, 5.74) is 5.67. The molecule has 1 fully saturated rings. The number of nitrogens with two attached hydrogens (primary N) is 1. The van der Waals surface area contributed by atoms with Gasteiger partial charge in [-0.05, 0) is 18.1 Å². The maximum Gasteiger partial charge on any atom is 0.0467 e. The van der Waals surface area contributed by atoms with E-state index in [-0.39, 0.29) is 0 Å². The number of rotatable bonds is 1. The Morgan fingerprint density at radius 2 is 2.33 bits per heavy atom. The molecule has 0 bridgehead atoms. The van der Waals surface area contributed by atoms with E-state index in [1.54, 1.807) is 0 Å². The van der Waals surface area contributed by atoms with E-state index in [1.165, 1.54) is 0 Å². The van der Waals surface area contributed by atoms with Gasteiger partial charge in [0.15, 0.2) is 0 Å². The van der Waals surface area contributed by atoms with Crippen LogP contribution in [0.4, 0.5) is 0 Å². The zero-order valence-corrected chi connectivity index (χ0v) is 6.23. The molecule has 1 saturated heterocycles. The maximum atomic E-state index is 8.74. The maximum absolute atomic E-state index is 8.74. The van der Waals surface area contributed by atoms with Crippen molar-refractivity contribution in [2.75, 3.05) is 18.1 Å². The van der Waals surface area contributed by atoms with E-state index in [0.717, 1.165) is 17.9 Å². The lowest BCUT2D eigenvalue weighted by Gasteiger charge is -2.24. The molecule has 3 N–H and O–H groups in total. The van der Waals surface area contributed by atoms with Crippen molar-refractivity contribution < 1.29 is 5.11 Å². The van der Waals surface area contributed by atoms with Gasteiger partial charge in [-0.2, -0.15) is 11.8 Å². The van der Waals surface area contributed by atoms with E-state index in [2.05, 4.69) is 0 Å². The van der Waals surface area contributed by atoms with Crippen molar-refractivity contribution in [1.82, 2.24) is 0 Å². The zero-order valence-electron chi connectivity index (χ0n) is 5.42. The Bertz CT molecular complexity index is 89.1. The molecule has 0 radical (unpaired) electrons. The molecule has 0 amide bonds. The standard InChI is InChI=1S/C6H13NOS/c7-6-1-5(2-8)3-9-4-6/h5-6,8H,1-4,7H2. The highest BCUT2D eigenvalue weighted by atomic mass is 32.2. The molecule has 2 atom stereocenters. The van der Waals surface area contributed by atoms with Crippen LogP contribution in [-0.4, -0.2) is 29.3 Å². The molecule has 54 valence electrons. The van der Waals surface area contributed by atoms with Gasteiger partial charge in [-0.25, -0.2) is 0 Å². The van der Waals surface area contributed by atoms with Crippen LogP contribution in [-0.2, 0) is 0 Å². The van der Waals surface area contributed by atoms with Crippen LogP contribution < -0.4 is 5.73 Å². The normalized spacial score (nSPS) is 36.7. The third-order valence-electron chi connectivity index (χ3n) is 1.58. The molecule has 0 aromatic carbocycles. The fourth-order valence-electron chi connectivity index (χ4n) is 1.08. The average Bonchev–Trinajstić information content (AvgIpc) is 1.88. The van der Waals surface area contributed by atoms with Crippen molar-refractivity contribution in [2.45, 2.75) is 12.5 Å². The number of aliphatic hydroxyl groups is 1. The van der Waals surface area contributed by atoms with Crippen molar-refractivity contribution in [1.29, 1.82) is 0 Å². The summed E-state index contributed by atoms with van der Waals surface area (Å²) >= 11 is 1.85. The number of aliphatic hydroxyl groups excluding tert-OH is 1. The van der Waals surface area contributed by atoms with Crippen molar-refractivity contribution in [2.24, 2.45) is 11.7 Å². The van der Waals surface area contributed by atoms with Crippen LogP contribution in [0.5, 0.6) is 0 Å². The predicted molar refractivity (Wildman–Crippen MR) is 40.5 cm³/mol. The SMILES string of the molecule is NC1CSCC(CO)C1. The van der Waals surface area contributed by atoms with Crippen LogP contribution >= 0.6 is 11.8 Å². The molecule has 2 nitrogen and oxygen atoms in total. The van der Waals surface area contributed by atoms with E-state index in [0.29, 0.717) is 18.6 Å². The van der Waals surface area contributed by atoms with Gasteiger partial charge in [-0.1, -0.05) is 0 Å². The largest absolute Gasteiger partial charge is 0.396 e. The second-order valence-corrected chi connectivity index (χ2v) is 3.66. The van der Waals surface area contributed by atoms with Crippen LogP contribution in [0.1, 0.15) is 6.42 Å². The first-order chi connectivity index (χ1) is 4.33. The second-order valence-electron chi connectivity index (χ2n) is 2.58. The predicted octanol–water partition coefficient (Wildman–Crippen LogP) is 0.0591. The van der Waals surface area contributed by atoms with E-state index >= 15 is 0 Å². The summed E-state index contributed by atoms with van der Waals surface area (Å²) < 4.78 is 0. The van der Waals surface area contributed by atoms with Crippen LogP contribution in [0.3, 0.4) is 0 Å². The quantitative estimate of drug-likeness (QED) is 0.551. The Morgan fingerprint density at radius 3 is 2.78 bits per heavy atom. The average molecular weight is 147 g/mol. The highest BCUT2D eigenvalue weighted by molar-refractivity contribution is 7.99. The van der Waals surface area contributed by atoms with Gasteiger partial charge in [0.2, 0.25) is 0 Å². The molecule has 1 aliphatic heterocycles. The minimum atomic E-state index is 0.306. The molecule has 0 aromatic rings. The topological polar surface area (TPSA) is 46.2 Å². The first kappa shape index (κ1) is 7.38. The molecule has 2 unspecified atom stereocenters. The highest BCUT2D eigenvalue weighted by Crippen LogP contribution is 2.20. The van der Waals surface area contributed by atoms with E-state index < -0.39 is 0 Å². The van der Waals surface area contributed by atoms with Gasteiger partial charge in [0, 0.05) is 18.4 Å². The first-order valence-electron chi connectivity index (χ1n) is 3.27. The third-order valence-corrected chi connectivity index (χ3v) is 2.95. The Hall–Kier alpha value is 0.270. The van der Waals surface area contributed by atoms with Crippen LogP contribution in [0.15, 0.2) is 0 Å². The molecular formula is C6H13NOS. The molecule has 3 heteroatoms. The van der Waals surface area contributed by atoms with Gasteiger partial charge in [0.25, 0.3) is 0 Å². The summed E-state index contributed by atoms with van der Waals surface area (Å²) in [6.45, 7) is 0.306. The summed E-state index contributed by atoms with van der Waals surface area (Å²) in [6, 6.07) is 0.320. The lowest BCUT2D eigenvalue weighted by atomic mass is 10.0. The van der Waals surface area contributed by atoms with Crippen molar-refractivity contribution in [3.8, 4) is 0 Å². The van der Waals surface area contributed by atoms with Crippen LogP contribution in [0, 0.1) is 5.92 Å². The number of hydrogen-bond acceptors (Lipinski definition) is 3. The molecule has 0 aromatic heterocycles. The molecule has 0 spiro atoms. The summed E-state index contributed by atoms with van der Waals surface area (Å²) in [5.74, 6) is 2.61. The van der Waals surface area contributed by atoms with Crippen molar-refractivity contribution in [3.05, 3.63) is 0 Å². The molecule has 1 aliphatic rings. The fraction of sp³-hybridized carbons (Fsp3) is 1.00. The second kappa shape index (κ2) is 3.44. The van der Waals surface area contributed by atoms with E-state index in [4.69, 9.17) is 10.8 Å². The van der Waals surface area contributed by atoms with Gasteiger partial charge in [-0.3, -0.25) is 0 Å². The van der Waals surface area contributed by atoms with Crippen molar-refractivity contribution >= 4 is 11.8 Å². The minimum Gasteiger partial charge on any atom is -0.396 e. The molecule has 9 heavy (non-hydrogen) atoms. The van der Waals surface area contributed by atoms with E-state index in [1.807, 2.05) is 11.8 Å². The van der Waals surface area contributed by atoms with Crippen LogP contribution in [0.25, 0.3) is 0 Å². The number of thioether (sulfide) groups is 1. The Labute approximate surface area is 59.8 Å². The Balaban J connectivity index is 2.23. The lowest BCUT2D eigenvalue weighted by Crippen LogP contribution is -2.32. The monoisotopic (exact) mass is 147 g/mol. The molecular weight excluding hydrogens is 134 g/mol. The minimum absolute atomic E-state index is 0.306. The zero-order chi connectivity index (χ0) is 6.69. The third kappa shape index (κ3) is 2.16. The first-order valence-corrected chi connectivity index (χ1v) is 4.42. The molecule has 1 rings (SSSR count). The lowest BCUT2D eigenvalue weighted by molar-refractivity contribution is 0.225. The molecule has 1 heterocycles. The highest BCUT2D eigenvalue weighted by Gasteiger charge is 2.17. The van der Waals surface area contributed by atoms with Gasteiger partial charge >= 0.3 is 0 Å². The molecule has 0 saturated carbocycles. The van der Waals surface area contributed by atoms with Gasteiger partial charge in [-0.15, -0.1) is 0 Å². The summed E-state index contributed by atoms with van der Waals surface area (Å²) in [5, 5.41) is 8.74. The molecule has 0 aliphatic carbocycles. The summed E-state index contributed by atoms with van der Waals surface area (Å²) in [6.07, 6.45) is 1.00. The van der Waals surface area contributed by atoms with Crippen molar-refractivity contribution in [3.63, 3.8) is 0 Å². The number of hydrogen-bond donors (Lipinski definition) is 2. The smallest absolute Gasteiger partial charge is 0.0467 e. The Morgan fingerprint density at radius 1 is 1.56 bits per heavy atom. The Kier molecular flexibility index (Phi) is 2.82. The summed E-state index contributed by atoms with van der Waals surface area (Å²) in [4.78, 5) is 0. The van der Waals surface area contributed by atoms with E-state index in [9.17, 15) is 0 Å². The van der Waals surface area contributed by atoms with Gasteiger partial charge < -0.3 is 10.8 Å². The summed E-state index contributed by atoms with van der Waals surface area (Å²) in [7, 11) is 0. The van der Waals surface area contributed by atoms with Gasteiger partial charge in [0.05, 0.1) is 0 Å². The van der Waals surface area contributed by atoms with Crippen LogP contribution in [0.2, 0.25) is 0 Å². The van der Waals surface area contributed by atoms with Gasteiger partial charge in [0.1, 0.15) is 0 Å².